The number of esters is 1. The molecule has 2 nitrogen and oxygen atoms in total. The lowest BCUT2D eigenvalue weighted by molar-refractivity contribution is 0.0454. The lowest BCUT2D eigenvalue weighted by Crippen LogP contribution is -2.01. The molecule has 0 amide bonds. The van der Waals surface area contributed by atoms with Gasteiger partial charge in [-0.15, -0.1) is 0 Å². The van der Waals surface area contributed by atoms with Crippen molar-refractivity contribution in [2.75, 3.05) is 0 Å². The molecule has 2 aromatic carbocycles. The summed E-state index contributed by atoms with van der Waals surface area (Å²) in [5.74, 6) is -0.279. The molecule has 0 aliphatic carbocycles. The molecule has 0 saturated heterocycles. The summed E-state index contributed by atoms with van der Waals surface area (Å²) >= 11 is 6.89. The SMILES string of the molecule is O=C1OC(c2ccccc2Br)c2cccc(Br)c21. The number of fused-ring (bicyclic) bond motifs is 1. The van der Waals surface area contributed by atoms with Crippen LogP contribution in [0.25, 0.3) is 0 Å². The van der Waals surface area contributed by atoms with Crippen LogP contribution in [0.5, 0.6) is 0 Å². The van der Waals surface area contributed by atoms with Crippen molar-refractivity contribution in [3.63, 3.8) is 0 Å². The summed E-state index contributed by atoms with van der Waals surface area (Å²) in [4.78, 5) is 11.9. The standard InChI is InChI=1S/C14H8Br2O2/c15-10-6-2-1-4-8(10)13-9-5-3-7-11(16)12(9)14(17)18-13/h1-7,13H. The van der Waals surface area contributed by atoms with Gasteiger partial charge in [-0.25, -0.2) is 4.79 Å². The zero-order valence-electron chi connectivity index (χ0n) is 9.19. The molecular weight excluding hydrogens is 360 g/mol. The molecule has 0 saturated carbocycles. The summed E-state index contributed by atoms with van der Waals surface area (Å²) in [7, 11) is 0. The topological polar surface area (TPSA) is 26.3 Å². The Morgan fingerprint density at radius 1 is 0.889 bits per heavy atom. The second kappa shape index (κ2) is 4.52. The van der Waals surface area contributed by atoms with Crippen molar-refractivity contribution in [1.82, 2.24) is 0 Å². The number of ether oxygens (including phenoxy) is 1. The van der Waals surface area contributed by atoms with Gasteiger partial charge in [0.05, 0.1) is 5.56 Å². The maximum absolute atomic E-state index is 11.9. The molecule has 90 valence electrons. The van der Waals surface area contributed by atoms with Crippen LogP contribution in [0.2, 0.25) is 0 Å². The normalized spacial score (nSPS) is 17.4. The van der Waals surface area contributed by atoms with Crippen molar-refractivity contribution in [2.24, 2.45) is 0 Å². The first-order valence-corrected chi connectivity index (χ1v) is 7.01. The van der Waals surface area contributed by atoms with Gasteiger partial charge in [0.15, 0.2) is 6.10 Å². The Morgan fingerprint density at radius 3 is 2.33 bits per heavy atom. The molecule has 0 spiro atoms. The summed E-state index contributed by atoms with van der Waals surface area (Å²) in [5.41, 5.74) is 2.49. The Hall–Kier alpha value is -1.13. The second-order valence-corrected chi connectivity index (χ2v) is 5.72. The van der Waals surface area contributed by atoms with Gasteiger partial charge in [0.25, 0.3) is 0 Å². The van der Waals surface area contributed by atoms with E-state index in [1.165, 1.54) is 0 Å². The van der Waals surface area contributed by atoms with E-state index < -0.39 is 0 Å². The van der Waals surface area contributed by atoms with Gasteiger partial charge >= 0.3 is 5.97 Å². The van der Waals surface area contributed by atoms with Gasteiger partial charge in [-0.2, -0.15) is 0 Å². The highest BCUT2D eigenvalue weighted by atomic mass is 79.9. The minimum Gasteiger partial charge on any atom is -0.449 e. The Bertz CT molecular complexity index is 637. The first-order chi connectivity index (χ1) is 8.68. The van der Waals surface area contributed by atoms with E-state index >= 15 is 0 Å². The number of halogens is 2. The number of carbonyl (C=O) groups excluding carboxylic acids is 1. The maximum Gasteiger partial charge on any atom is 0.340 e. The quantitative estimate of drug-likeness (QED) is 0.695. The molecule has 0 aromatic heterocycles. The monoisotopic (exact) mass is 366 g/mol. The summed E-state index contributed by atoms with van der Waals surface area (Å²) < 4.78 is 7.20. The van der Waals surface area contributed by atoms with Crippen LogP contribution in [0.3, 0.4) is 0 Å². The van der Waals surface area contributed by atoms with Gasteiger partial charge in [0.1, 0.15) is 0 Å². The van der Waals surface area contributed by atoms with Crippen LogP contribution in [0.15, 0.2) is 51.4 Å². The van der Waals surface area contributed by atoms with Gasteiger partial charge < -0.3 is 4.74 Å². The summed E-state index contributed by atoms with van der Waals surface area (Å²) in [6.07, 6.45) is -0.333. The van der Waals surface area contributed by atoms with E-state index in [4.69, 9.17) is 4.74 Å². The van der Waals surface area contributed by atoms with Crippen molar-refractivity contribution in [2.45, 2.75) is 6.10 Å². The van der Waals surface area contributed by atoms with Crippen LogP contribution in [-0.4, -0.2) is 5.97 Å². The third-order valence-corrected chi connectivity index (χ3v) is 4.33. The molecule has 18 heavy (non-hydrogen) atoms. The molecule has 1 unspecified atom stereocenters. The van der Waals surface area contributed by atoms with Crippen molar-refractivity contribution in [3.8, 4) is 0 Å². The average Bonchev–Trinajstić information content (AvgIpc) is 2.69. The minimum atomic E-state index is -0.333. The van der Waals surface area contributed by atoms with Crippen LogP contribution in [0.1, 0.15) is 27.6 Å². The van der Waals surface area contributed by atoms with Crippen molar-refractivity contribution >= 4 is 37.8 Å². The van der Waals surface area contributed by atoms with Crippen LogP contribution in [0.4, 0.5) is 0 Å². The molecule has 0 bridgehead atoms. The molecule has 1 aliphatic heterocycles. The first kappa shape index (κ1) is 11.9. The smallest absolute Gasteiger partial charge is 0.340 e. The Kier molecular flexibility index (Phi) is 2.99. The van der Waals surface area contributed by atoms with Crippen molar-refractivity contribution < 1.29 is 9.53 Å². The number of carbonyl (C=O) groups is 1. The predicted octanol–water partition coefficient (Wildman–Crippen LogP) is 4.47. The van der Waals surface area contributed by atoms with Crippen LogP contribution >= 0.6 is 31.9 Å². The van der Waals surface area contributed by atoms with Crippen molar-refractivity contribution in [3.05, 3.63) is 68.1 Å². The molecule has 1 atom stereocenters. The third-order valence-electron chi connectivity index (χ3n) is 2.95. The Balaban J connectivity index is 2.17. The molecule has 0 fully saturated rings. The fourth-order valence-corrected chi connectivity index (χ4v) is 3.16. The van der Waals surface area contributed by atoms with Crippen LogP contribution in [-0.2, 0) is 4.74 Å². The van der Waals surface area contributed by atoms with Gasteiger partial charge in [-0.1, -0.05) is 46.3 Å². The Labute approximate surface area is 121 Å². The summed E-state index contributed by atoms with van der Waals surface area (Å²) in [6, 6.07) is 13.5. The summed E-state index contributed by atoms with van der Waals surface area (Å²) in [6.45, 7) is 0. The van der Waals surface area contributed by atoms with E-state index in [9.17, 15) is 4.79 Å². The van der Waals surface area contributed by atoms with Crippen LogP contribution in [0, 0.1) is 0 Å². The minimum absolute atomic E-state index is 0.279. The molecule has 0 radical (unpaired) electrons. The molecule has 4 heteroatoms. The highest BCUT2D eigenvalue weighted by molar-refractivity contribution is 9.10. The number of rotatable bonds is 1. The van der Waals surface area contributed by atoms with E-state index in [1.807, 2.05) is 42.5 Å². The van der Waals surface area contributed by atoms with Gasteiger partial charge in [-0.3, -0.25) is 0 Å². The fraction of sp³-hybridized carbons (Fsp3) is 0.0714. The van der Waals surface area contributed by atoms with Gasteiger partial charge in [0, 0.05) is 20.1 Å². The van der Waals surface area contributed by atoms with E-state index in [2.05, 4.69) is 31.9 Å². The van der Waals surface area contributed by atoms with E-state index in [1.54, 1.807) is 0 Å². The number of benzene rings is 2. The first-order valence-electron chi connectivity index (χ1n) is 5.42. The van der Waals surface area contributed by atoms with E-state index in [0.717, 1.165) is 20.1 Å². The summed E-state index contributed by atoms with van der Waals surface area (Å²) in [5, 5.41) is 0. The second-order valence-electron chi connectivity index (χ2n) is 4.01. The molecule has 0 N–H and O–H groups in total. The largest absolute Gasteiger partial charge is 0.449 e. The van der Waals surface area contributed by atoms with Crippen molar-refractivity contribution in [1.29, 1.82) is 0 Å². The number of hydrogen-bond acceptors (Lipinski definition) is 2. The average molecular weight is 368 g/mol. The molecule has 2 aromatic rings. The highest BCUT2D eigenvalue weighted by Gasteiger charge is 2.34. The van der Waals surface area contributed by atoms with E-state index in [0.29, 0.717) is 5.56 Å². The zero-order chi connectivity index (χ0) is 12.7. The number of hydrogen-bond donors (Lipinski definition) is 0. The zero-order valence-corrected chi connectivity index (χ0v) is 12.4. The third kappa shape index (κ3) is 1.80. The van der Waals surface area contributed by atoms with Gasteiger partial charge in [-0.05, 0) is 28.1 Å². The molecule has 3 rings (SSSR count). The molecule has 1 aliphatic rings. The van der Waals surface area contributed by atoms with Crippen LogP contribution < -0.4 is 0 Å². The fourth-order valence-electron chi connectivity index (χ4n) is 2.12. The lowest BCUT2D eigenvalue weighted by Gasteiger charge is -2.12. The number of cyclic esters (lactones) is 1. The van der Waals surface area contributed by atoms with E-state index in [-0.39, 0.29) is 12.1 Å². The Morgan fingerprint density at radius 2 is 1.56 bits per heavy atom. The van der Waals surface area contributed by atoms with Gasteiger partial charge in [0.2, 0.25) is 0 Å². The molecule has 1 heterocycles. The predicted molar refractivity (Wildman–Crippen MR) is 75.5 cm³/mol. The maximum atomic E-state index is 11.9. The lowest BCUT2D eigenvalue weighted by atomic mass is 9.99. The molecular formula is C14H8Br2O2. The highest BCUT2D eigenvalue weighted by Crippen LogP contribution is 2.41.